The highest BCUT2D eigenvalue weighted by molar-refractivity contribution is 7.13. The van der Waals surface area contributed by atoms with E-state index in [1.807, 2.05) is 20.8 Å². The first-order valence-electron chi connectivity index (χ1n) is 9.11. The molecule has 0 fully saturated rings. The maximum Gasteiger partial charge on any atom is 0.267 e. The van der Waals surface area contributed by atoms with Crippen LogP contribution in [-0.2, 0) is 5.41 Å². The van der Waals surface area contributed by atoms with Gasteiger partial charge in [-0.3, -0.25) is 14.4 Å². The zero-order chi connectivity index (χ0) is 20.8. The summed E-state index contributed by atoms with van der Waals surface area (Å²) < 4.78 is 0. The van der Waals surface area contributed by atoms with Crippen LogP contribution in [0.2, 0.25) is 0 Å². The number of fused-ring (bicyclic) bond motifs is 1. The maximum absolute atomic E-state index is 12.7. The molecule has 0 bridgehead atoms. The molecule has 0 radical (unpaired) electrons. The van der Waals surface area contributed by atoms with Gasteiger partial charge in [-0.2, -0.15) is 0 Å². The molecule has 0 saturated heterocycles. The van der Waals surface area contributed by atoms with Crippen LogP contribution in [0.1, 0.15) is 56.2 Å². The summed E-state index contributed by atoms with van der Waals surface area (Å²) in [6, 6.07) is 13.4. The van der Waals surface area contributed by atoms with Crippen molar-refractivity contribution in [2.45, 2.75) is 26.2 Å². The van der Waals surface area contributed by atoms with Crippen LogP contribution in [0.3, 0.4) is 0 Å². The fourth-order valence-corrected chi connectivity index (χ4v) is 3.93. The van der Waals surface area contributed by atoms with Crippen molar-refractivity contribution in [1.29, 1.82) is 0 Å². The third-order valence-corrected chi connectivity index (χ3v) is 5.95. The van der Waals surface area contributed by atoms with E-state index in [2.05, 4.69) is 10.3 Å². The number of nitrogens with one attached hydrogen (secondary N) is 1. The van der Waals surface area contributed by atoms with Crippen molar-refractivity contribution >= 4 is 40.4 Å². The lowest BCUT2D eigenvalue weighted by atomic mass is 9.98. The van der Waals surface area contributed by atoms with E-state index in [4.69, 9.17) is 0 Å². The molecule has 7 heteroatoms. The molecule has 0 spiro atoms. The smallest absolute Gasteiger partial charge is 0.267 e. The molecule has 0 saturated carbocycles. The molecule has 2 heterocycles. The van der Waals surface area contributed by atoms with Crippen molar-refractivity contribution in [3.05, 3.63) is 75.7 Å². The SMILES string of the molecule is CC(C)(C)c1ncc(C(=O)Nc2cccc(N3C(=O)c4ccccc4C3=O)c2)s1. The lowest BCUT2D eigenvalue weighted by molar-refractivity contribution is 0.0925. The van der Waals surface area contributed by atoms with E-state index in [0.717, 1.165) is 9.91 Å². The van der Waals surface area contributed by atoms with Crippen molar-refractivity contribution in [3.8, 4) is 0 Å². The number of rotatable bonds is 3. The second-order valence-corrected chi connectivity index (χ2v) is 8.81. The summed E-state index contributed by atoms with van der Waals surface area (Å²) in [7, 11) is 0. The Bertz CT molecular complexity index is 1110. The molecule has 0 unspecified atom stereocenters. The molecule has 146 valence electrons. The van der Waals surface area contributed by atoms with Gasteiger partial charge in [0, 0.05) is 11.1 Å². The van der Waals surface area contributed by atoms with Crippen molar-refractivity contribution in [3.63, 3.8) is 0 Å². The number of imide groups is 1. The van der Waals surface area contributed by atoms with Crippen LogP contribution in [0.4, 0.5) is 11.4 Å². The number of amides is 3. The van der Waals surface area contributed by atoms with Gasteiger partial charge in [0.2, 0.25) is 0 Å². The molecule has 6 nitrogen and oxygen atoms in total. The fourth-order valence-electron chi connectivity index (χ4n) is 3.07. The van der Waals surface area contributed by atoms with Gasteiger partial charge in [-0.1, -0.05) is 39.0 Å². The van der Waals surface area contributed by atoms with Gasteiger partial charge in [-0.05, 0) is 30.3 Å². The van der Waals surface area contributed by atoms with E-state index in [-0.39, 0.29) is 23.1 Å². The highest BCUT2D eigenvalue weighted by atomic mass is 32.1. The Balaban J connectivity index is 1.57. The molecule has 1 aliphatic heterocycles. The third-order valence-electron chi connectivity index (χ3n) is 4.53. The van der Waals surface area contributed by atoms with Crippen LogP contribution >= 0.6 is 11.3 Å². The monoisotopic (exact) mass is 405 g/mol. The predicted octanol–water partition coefficient (Wildman–Crippen LogP) is 4.49. The summed E-state index contributed by atoms with van der Waals surface area (Å²) in [6.07, 6.45) is 1.56. The van der Waals surface area contributed by atoms with Gasteiger partial charge in [0.1, 0.15) is 4.88 Å². The molecule has 0 aliphatic carbocycles. The number of aromatic nitrogens is 1. The van der Waals surface area contributed by atoms with E-state index in [1.165, 1.54) is 11.3 Å². The van der Waals surface area contributed by atoms with Gasteiger partial charge in [-0.15, -0.1) is 11.3 Å². The number of thiazole rings is 1. The average Bonchev–Trinajstić information content (AvgIpc) is 3.27. The predicted molar refractivity (Wildman–Crippen MR) is 113 cm³/mol. The molecule has 1 N–H and O–H groups in total. The van der Waals surface area contributed by atoms with Crippen LogP contribution < -0.4 is 10.2 Å². The van der Waals surface area contributed by atoms with Gasteiger partial charge in [0.25, 0.3) is 17.7 Å². The van der Waals surface area contributed by atoms with E-state index in [0.29, 0.717) is 27.4 Å². The summed E-state index contributed by atoms with van der Waals surface area (Å²) in [5, 5.41) is 3.70. The Morgan fingerprint density at radius 1 is 1.00 bits per heavy atom. The summed E-state index contributed by atoms with van der Waals surface area (Å²) in [6.45, 7) is 6.12. The Hall–Kier alpha value is -3.32. The van der Waals surface area contributed by atoms with Crippen LogP contribution in [0.25, 0.3) is 0 Å². The Labute approximate surface area is 172 Å². The van der Waals surface area contributed by atoms with Gasteiger partial charge < -0.3 is 5.32 Å². The van der Waals surface area contributed by atoms with E-state index in [9.17, 15) is 14.4 Å². The molecule has 1 aliphatic rings. The van der Waals surface area contributed by atoms with Crippen molar-refractivity contribution in [1.82, 2.24) is 4.98 Å². The molecule has 1 aromatic heterocycles. The maximum atomic E-state index is 12.7. The Morgan fingerprint density at radius 2 is 1.66 bits per heavy atom. The van der Waals surface area contributed by atoms with E-state index < -0.39 is 0 Å². The molecule has 4 rings (SSSR count). The first-order valence-corrected chi connectivity index (χ1v) is 9.93. The minimum atomic E-state index is -0.369. The van der Waals surface area contributed by atoms with Crippen LogP contribution in [0.15, 0.2) is 54.7 Å². The Morgan fingerprint density at radius 3 is 2.24 bits per heavy atom. The van der Waals surface area contributed by atoms with Gasteiger partial charge in [0.05, 0.1) is 28.0 Å². The highest BCUT2D eigenvalue weighted by Crippen LogP contribution is 2.30. The first kappa shape index (κ1) is 19.0. The van der Waals surface area contributed by atoms with Crippen molar-refractivity contribution < 1.29 is 14.4 Å². The highest BCUT2D eigenvalue weighted by Gasteiger charge is 2.36. The molecular formula is C22H19N3O3S. The third kappa shape index (κ3) is 3.45. The summed E-state index contributed by atoms with van der Waals surface area (Å²) in [4.78, 5) is 43.9. The van der Waals surface area contributed by atoms with Crippen LogP contribution in [0, 0.1) is 0 Å². The molecule has 2 aromatic carbocycles. The number of anilines is 2. The summed E-state index contributed by atoms with van der Waals surface area (Å²) in [5.41, 5.74) is 1.54. The minimum absolute atomic E-state index is 0.130. The largest absolute Gasteiger partial charge is 0.321 e. The van der Waals surface area contributed by atoms with E-state index >= 15 is 0 Å². The van der Waals surface area contributed by atoms with Crippen LogP contribution in [-0.4, -0.2) is 22.7 Å². The zero-order valence-corrected chi connectivity index (χ0v) is 17.0. The summed E-state index contributed by atoms with van der Waals surface area (Å²) in [5.74, 6) is -1.02. The minimum Gasteiger partial charge on any atom is -0.321 e. The number of hydrogen-bond acceptors (Lipinski definition) is 5. The second-order valence-electron chi connectivity index (χ2n) is 7.78. The average molecular weight is 405 g/mol. The lowest BCUT2D eigenvalue weighted by Gasteiger charge is -2.15. The number of carbonyl (C=O) groups is 3. The number of nitrogens with zero attached hydrogens (tertiary/aromatic N) is 2. The lowest BCUT2D eigenvalue weighted by Crippen LogP contribution is -2.29. The Kier molecular flexibility index (Phi) is 4.55. The van der Waals surface area contributed by atoms with Gasteiger partial charge >= 0.3 is 0 Å². The molecule has 3 amide bonds. The number of benzene rings is 2. The van der Waals surface area contributed by atoms with Gasteiger partial charge in [-0.25, -0.2) is 9.88 Å². The van der Waals surface area contributed by atoms with Crippen molar-refractivity contribution in [2.75, 3.05) is 10.2 Å². The zero-order valence-electron chi connectivity index (χ0n) is 16.2. The second kappa shape index (κ2) is 6.93. The normalized spacial score (nSPS) is 13.6. The standard InChI is InChI=1S/C22H19N3O3S/c1-22(2,3)21-23-12-17(29-21)18(26)24-13-7-6-8-14(11-13)25-19(27)15-9-4-5-10-16(15)20(25)28/h4-12H,1-3H3,(H,24,26). The van der Waals surface area contributed by atoms with Crippen LogP contribution in [0.5, 0.6) is 0 Å². The molecule has 0 atom stereocenters. The topological polar surface area (TPSA) is 79.4 Å². The quantitative estimate of drug-likeness (QED) is 0.651. The number of hydrogen-bond donors (Lipinski definition) is 1. The number of carbonyl (C=O) groups excluding carboxylic acids is 3. The fraction of sp³-hybridized carbons (Fsp3) is 0.182. The van der Waals surface area contributed by atoms with E-state index in [1.54, 1.807) is 54.7 Å². The molecule has 3 aromatic rings. The van der Waals surface area contributed by atoms with Crippen molar-refractivity contribution in [2.24, 2.45) is 0 Å². The summed E-state index contributed by atoms with van der Waals surface area (Å²) >= 11 is 1.35. The molecule has 29 heavy (non-hydrogen) atoms. The molecular weight excluding hydrogens is 386 g/mol. The van der Waals surface area contributed by atoms with Gasteiger partial charge in [0.15, 0.2) is 0 Å². The first-order chi connectivity index (χ1) is 13.8.